The Kier molecular flexibility index (Phi) is 5.02. The second kappa shape index (κ2) is 7.44. The number of hydrogen-bond donors (Lipinski definition) is 0. The van der Waals surface area contributed by atoms with Gasteiger partial charge >= 0.3 is 5.69 Å². The Morgan fingerprint density at radius 2 is 1.93 bits per heavy atom. The van der Waals surface area contributed by atoms with Gasteiger partial charge in [-0.3, -0.25) is 14.2 Å². The third-order valence-electron chi connectivity index (χ3n) is 6.58. The van der Waals surface area contributed by atoms with E-state index in [0.29, 0.717) is 19.1 Å². The summed E-state index contributed by atoms with van der Waals surface area (Å²) >= 11 is 0. The second-order valence-electron chi connectivity index (χ2n) is 8.27. The summed E-state index contributed by atoms with van der Waals surface area (Å²) in [5, 5.41) is 0. The number of carbonyl (C=O) groups excluding carboxylic acids is 2. The summed E-state index contributed by atoms with van der Waals surface area (Å²) in [5.74, 6) is 0.152. The van der Waals surface area contributed by atoms with Gasteiger partial charge < -0.3 is 9.80 Å². The lowest BCUT2D eigenvalue weighted by Gasteiger charge is -2.44. The molecule has 1 aliphatic carbocycles. The van der Waals surface area contributed by atoms with E-state index in [1.165, 1.54) is 30.0 Å². The summed E-state index contributed by atoms with van der Waals surface area (Å²) in [6.45, 7) is 1.94. The van der Waals surface area contributed by atoms with Gasteiger partial charge in [0.2, 0.25) is 11.8 Å². The molecule has 0 bridgehead atoms. The number of rotatable bonds is 3. The minimum atomic E-state index is -0.419. The lowest BCUT2D eigenvalue weighted by Crippen LogP contribution is -2.54. The van der Waals surface area contributed by atoms with E-state index in [1.54, 1.807) is 17.2 Å². The van der Waals surface area contributed by atoms with Crippen LogP contribution in [0.5, 0.6) is 0 Å². The average Bonchev–Trinajstić information content (AvgIpc) is 3.12. The van der Waals surface area contributed by atoms with Crippen LogP contribution in [0.1, 0.15) is 51.4 Å². The Morgan fingerprint density at radius 3 is 2.70 bits per heavy atom. The first kappa shape index (κ1) is 18.2. The van der Waals surface area contributed by atoms with Crippen LogP contribution < -0.4 is 5.69 Å². The predicted molar refractivity (Wildman–Crippen MR) is 99.9 cm³/mol. The highest BCUT2D eigenvalue weighted by Crippen LogP contribution is 2.42. The lowest BCUT2D eigenvalue weighted by atomic mass is 9.77. The van der Waals surface area contributed by atoms with Gasteiger partial charge in [0.05, 0.1) is 5.41 Å². The topological polar surface area (TPSA) is 75.5 Å². The summed E-state index contributed by atoms with van der Waals surface area (Å²) in [5.41, 5.74) is -0.831. The molecule has 146 valence electrons. The fourth-order valence-corrected chi connectivity index (χ4v) is 5.06. The lowest BCUT2D eigenvalue weighted by molar-refractivity contribution is -0.149. The van der Waals surface area contributed by atoms with Crippen molar-refractivity contribution >= 4 is 11.8 Å². The van der Waals surface area contributed by atoms with Crippen LogP contribution >= 0.6 is 0 Å². The maximum atomic E-state index is 13.4. The normalized spacial score (nSPS) is 26.7. The van der Waals surface area contributed by atoms with Crippen molar-refractivity contribution in [2.45, 2.75) is 64.0 Å². The Balaban J connectivity index is 1.44. The summed E-state index contributed by atoms with van der Waals surface area (Å²) in [6.07, 6.45) is 11.6. The van der Waals surface area contributed by atoms with E-state index in [2.05, 4.69) is 9.88 Å². The van der Waals surface area contributed by atoms with Crippen molar-refractivity contribution in [2.24, 2.45) is 5.41 Å². The van der Waals surface area contributed by atoms with Crippen LogP contribution in [0.15, 0.2) is 23.3 Å². The maximum absolute atomic E-state index is 13.4. The van der Waals surface area contributed by atoms with Crippen molar-refractivity contribution in [1.82, 2.24) is 19.4 Å². The molecule has 1 spiro atoms. The largest absolute Gasteiger partial charge is 0.347 e. The van der Waals surface area contributed by atoms with E-state index >= 15 is 0 Å². The third kappa shape index (κ3) is 3.51. The Labute approximate surface area is 159 Å². The molecular formula is C20H28N4O3. The van der Waals surface area contributed by atoms with Gasteiger partial charge in [0, 0.05) is 38.1 Å². The fourth-order valence-electron chi connectivity index (χ4n) is 5.06. The molecule has 7 nitrogen and oxygen atoms in total. The Morgan fingerprint density at radius 1 is 1.11 bits per heavy atom. The van der Waals surface area contributed by atoms with Crippen LogP contribution in [-0.2, 0) is 16.1 Å². The molecule has 3 aliphatic rings. The Hall–Kier alpha value is -2.18. The molecule has 3 fully saturated rings. The summed E-state index contributed by atoms with van der Waals surface area (Å²) < 4.78 is 1.32. The molecule has 4 rings (SSSR count). The first-order valence-electron chi connectivity index (χ1n) is 10.2. The fraction of sp³-hybridized carbons (Fsp3) is 0.700. The van der Waals surface area contributed by atoms with E-state index in [-0.39, 0.29) is 18.4 Å². The van der Waals surface area contributed by atoms with Gasteiger partial charge in [-0.25, -0.2) is 9.78 Å². The molecule has 2 aliphatic heterocycles. The van der Waals surface area contributed by atoms with E-state index in [4.69, 9.17) is 0 Å². The van der Waals surface area contributed by atoms with E-state index in [9.17, 15) is 14.4 Å². The molecule has 2 saturated heterocycles. The minimum absolute atomic E-state index is 0.0106. The molecule has 2 amide bonds. The zero-order valence-electron chi connectivity index (χ0n) is 15.8. The van der Waals surface area contributed by atoms with Gasteiger partial charge in [0.1, 0.15) is 6.54 Å². The zero-order chi connectivity index (χ0) is 18.9. The first-order valence-corrected chi connectivity index (χ1v) is 10.2. The van der Waals surface area contributed by atoms with Crippen LogP contribution in [-0.4, -0.2) is 56.8 Å². The molecule has 7 heteroatoms. The summed E-state index contributed by atoms with van der Waals surface area (Å²) in [6, 6.07) is 2.04. The standard InChI is InChI=1S/C20H28N4O3/c25-17(14-22-11-5-10-21-19(22)27)23-13-9-20(15-23)8-4-12-24(18(20)26)16-6-2-1-3-7-16/h5,10-11,16H,1-4,6-9,12-15H2/t20-/m0/s1. The van der Waals surface area contributed by atoms with Crippen LogP contribution in [0.25, 0.3) is 0 Å². The number of aromatic nitrogens is 2. The highest BCUT2D eigenvalue weighted by molar-refractivity contribution is 5.86. The van der Waals surface area contributed by atoms with E-state index in [1.807, 2.05) is 0 Å². The van der Waals surface area contributed by atoms with Gasteiger partial charge in [0.15, 0.2) is 0 Å². The monoisotopic (exact) mass is 372 g/mol. The highest BCUT2D eigenvalue weighted by atomic mass is 16.2. The van der Waals surface area contributed by atoms with E-state index < -0.39 is 11.1 Å². The summed E-state index contributed by atoms with van der Waals surface area (Å²) in [7, 11) is 0. The smallest absolute Gasteiger partial charge is 0.340 e. The number of piperidine rings is 1. The highest BCUT2D eigenvalue weighted by Gasteiger charge is 2.50. The Bertz CT molecular complexity index is 770. The van der Waals surface area contributed by atoms with Gasteiger partial charge in [-0.05, 0) is 38.2 Å². The average molecular weight is 372 g/mol. The van der Waals surface area contributed by atoms with Crippen molar-refractivity contribution in [3.63, 3.8) is 0 Å². The van der Waals surface area contributed by atoms with Crippen molar-refractivity contribution in [2.75, 3.05) is 19.6 Å². The molecule has 3 heterocycles. The van der Waals surface area contributed by atoms with Crippen LogP contribution in [0.3, 0.4) is 0 Å². The van der Waals surface area contributed by atoms with Crippen LogP contribution in [0.2, 0.25) is 0 Å². The zero-order valence-corrected chi connectivity index (χ0v) is 15.8. The molecule has 1 aromatic heterocycles. The molecule has 1 aromatic rings. The second-order valence-corrected chi connectivity index (χ2v) is 8.27. The van der Waals surface area contributed by atoms with Gasteiger partial charge in [-0.15, -0.1) is 0 Å². The molecular weight excluding hydrogens is 344 g/mol. The van der Waals surface area contributed by atoms with Crippen molar-refractivity contribution in [1.29, 1.82) is 0 Å². The van der Waals surface area contributed by atoms with Crippen molar-refractivity contribution in [3.05, 3.63) is 28.9 Å². The molecule has 27 heavy (non-hydrogen) atoms. The number of amides is 2. The molecule has 0 aromatic carbocycles. The first-order chi connectivity index (χ1) is 13.1. The van der Waals surface area contributed by atoms with Gasteiger partial charge in [-0.1, -0.05) is 19.3 Å². The molecule has 1 saturated carbocycles. The van der Waals surface area contributed by atoms with E-state index in [0.717, 1.165) is 38.6 Å². The molecule has 1 atom stereocenters. The van der Waals surface area contributed by atoms with Crippen LogP contribution in [0, 0.1) is 5.41 Å². The maximum Gasteiger partial charge on any atom is 0.347 e. The number of likely N-dealkylation sites (tertiary alicyclic amines) is 2. The minimum Gasteiger partial charge on any atom is -0.340 e. The van der Waals surface area contributed by atoms with Crippen molar-refractivity contribution < 1.29 is 9.59 Å². The summed E-state index contributed by atoms with van der Waals surface area (Å²) in [4.78, 5) is 45.4. The third-order valence-corrected chi connectivity index (χ3v) is 6.58. The van der Waals surface area contributed by atoms with Crippen molar-refractivity contribution in [3.8, 4) is 0 Å². The number of carbonyl (C=O) groups is 2. The predicted octanol–water partition coefficient (Wildman–Crippen LogP) is 1.42. The van der Waals surface area contributed by atoms with Gasteiger partial charge in [0.25, 0.3) is 0 Å². The number of hydrogen-bond acceptors (Lipinski definition) is 4. The quantitative estimate of drug-likeness (QED) is 0.804. The molecule has 0 unspecified atom stereocenters. The molecule has 0 N–H and O–H groups in total. The van der Waals surface area contributed by atoms with Crippen LogP contribution in [0.4, 0.5) is 0 Å². The van der Waals surface area contributed by atoms with Gasteiger partial charge in [-0.2, -0.15) is 0 Å². The SMILES string of the molecule is O=C(Cn1cccnc1=O)N1CC[C@@]2(CCCN(C3CCCCC3)C2=O)C1. The molecule has 0 radical (unpaired) electrons. The number of nitrogens with zero attached hydrogens (tertiary/aromatic N) is 4.